The van der Waals surface area contributed by atoms with Gasteiger partial charge in [0.05, 0.1) is 44.5 Å². The average Bonchev–Trinajstić information content (AvgIpc) is 3.39. The molecule has 0 bridgehead atoms. The molecule has 0 heterocycles. The molecule has 8 rings (SSSR count). The first-order valence-corrected chi connectivity index (χ1v) is 21.8. The van der Waals surface area contributed by atoms with Crippen molar-refractivity contribution < 1.29 is 98.2 Å². The fourth-order valence-electron chi connectivity index (χ4n) is 7.21. The summed E-state index contributed by atoms with van der Waals surface area (Å²) >= 11 is 0. The molecule has 8 N–H and O–H groups in total. The number of carbonyl (C=O) groups is 8. The normalized spacial score (nSPS) is 10.4. The molecule has 0 aliphatic rings. The van der Waals surface area contributed by atoms with Crippen LogP contribution in [-0.4, -0.2) is 88.6 Å². The van der Waals surface area contributed by atoms with Crippen LogP contribution in [0.1, 0.15) is 82.9 Å². The van der Waals surface area contributed by atoms with E-state index in [-0.39, 0.29) is 67.5 Å². The van der Waals surface area contributed by atoms with Gasteiger partial charge < -0.3 is 59.8 Å². The zero-order valence-electron chi connectivity index (χ0n) is 38.6. The van der Waals surface area contributed by atoms with Crippen LogP contribution in [0, 0.1) is 0 Å². The minimum atomic E-state index is -1.38. The number of aromatic carboxylic acids is 8. The Balaban J connectivity index is 0.000000221. The molecule has 0 radical (unpaired) electrons. The van der Waals surface area contributed by atoms with E-state index in [9.17, 15) is 58.8 Å². The highest BCUT2D eigenvalue weighted by atomic mass is 16.5. The van der Waals surface area contributed by atoms with Crippen molar-refractivity contribution in [1.82, 2.24) is 0 Å². The zero-order chi connectivity index (χ0) is 54.8. The number of carboxylic acid groups (broad SMARTS) is 8. The number of ether oxygens (including phenoxy) is 4. The molecule has 0 aromatic heterocycles. The predicted octanol–water partition coefficient (Wildman–Crippen LogP) is 11.5. The largest absolute Gasteiger partial charge is 0.478 e. The van der Waals surface area contributed by atoms with Crippen molar-refractivity contribution in [2.45, 2.75) is 0 Å². The maximum absolute atomic E-state index is 11.4. The molecule has 76 heavy (non-hydrogen) atoms. The molecule has 8 aromatic rings. The fraction of sp³-hybridized carbons (Fsp3) is 0. The van der Waals surface area contributed by atoms with Crippen LogP contribution >= 0.6 is 0 Å². The van der Waals surface area contributed by atoms with Gasteiger partial charge >= 0.3 is 47.8 Å². The van der Waals surface area contributed by atoms with E-state index >= 15 is 0 Å². The van der Waals surface area contributed by atoms with Crippen LogP contribution < -0.4 is 18.9 Å². The van der Waals surface area contributed by atoms with Crippen molar-refractivity contribution in [1.29, 1.82) is 0 Å². The number of hydrogen-bond donors (Lipinski definition) is 8. The standard InChI is InChI=1S/2C28H18O10/c2*29-25(30)21-11-9-19(13-23(21)27(33)34)37-17-5-1-15(2-6-17)16-3-7-18(8-4-16)38-20-10-12-22(26(31)32)24(14-20)28(35)36/h2*1-14H,(H,29,30)(H,31,32)(H,33,34)(H,35,36). The second-order valence-corrected chi connectivity index (χ2v) is 15.8. The van der Waals surface area contributed by atoms with Crippen LogP contribution in [-0.2, 0) is 0 Å². The lowest BCUT2D eigenvalue weighted by atomic mass is 10.1. The van der Waals surface area contributed by atoms with E-state index in [2.05, 4.69) is 0 Å². The molecule has 20 heteroatoms. The van der Waals surface area contributed by atoms with Crippen LogP contribution in [0.15, 0.2) is 170 Å². The first-order chi connectivity index (χ1) is 36.2. The average molecular weight is 1030 g/mol. The molecule has 380 valence electrons. The fourth-order valence-corrected chi connectivity index (χ4v) is 7.21. The molecule has 0 aliphatic heterocycles. The lowest BCUT2D eigenvalue weighted by Crippen LogP contribution is -2.07. The summed E-state index contributed by atoms with van der Waals surface area (Å²) in [5.74, 6) is -8.60. The van der Waals surface area contributed by atoms with Gasteiger partial charge in [0.25, 0.3) is 0 Å². The molecule has 0 saturated heterocycles. The van der Waals surface area contributed by atoms with Gasteiger partial charge in [-0.05, 0) is 144 Å². The highest BCUT2D eigenvalue weighted by Gasteiger charge is 2.21. The van der Waals surface area contributed by atoms with Gasteiger partial charge in [-0.15, -0.1) is 0 Å². The van der Waals surface area contributed by atoms with E-state index in [0.717, 1.165) is 46.5 Å². The van der Waals surface area contributed by atoms with Crippen molar-refractivity contribution >= 4 is 47.8 Å². The quantitative estimate of drug-likeness (QED) is 0.0396. The van der Waals surface area contributed by atoms with Crippen molar-refractivity contribution in [3.63, 3.8) is 0 Å². The molecule has 0 amide bonds. The Bertz CT molecular complexity index is 3110. The van der Waals surface area contributed by atoms with Crippen molar-refractivity contribution in [3.05, 3.63) is 214 Å². The first-order valence-electron chi connectivity index (χ1n) is 21.8. The van der Waals surface area contributed by atoms with Crippen LogP contribution in [0.4, 0.5) is 0 Å². The lowest BCUT2D eigenvalue weighted by Gasteiger charge is -2.10. The van der Waals surface area contributed by atoms with Gasteiger partial charge in [0.15, 0.2) is 0 Å². The highest BCUT2D eigenvalue weighted by molar-refractivity contribution is 6.04. The van der Waals surface area contributed by atoms with Gasteiger partial charge in [0.2, 0.25) is 0 Å². The Morgan fingerprint density at radius 3 is 0.487 bits per heavy atom. The molecule has 0 aliphatic carbocycles. The van der Waals surface area contributed by atoms with Gasteiger partial charge in [-0.3, -0.25) is 0 Å². The molecular weight excluding hydrogens is 993 g/mol. The summed E-state index contributed by atoms with van der Waals surface area (Å²) in [5, 5.41) is 73.6. The smallest absolute Gasteiger partial charge is 0.336 e. The molecule has 0 atom stereocenters. The zero-order valence-corrected chi connectivity index (χ0v) is 38.6. The summed E-state index contributed by atoms with van der Waals surface area (Å²) < 4.78 is 22.7. The summed E-state index contributed by atoms with van der Waals surface area (Å²) in [7, 11) is 0. The van der Waals surface area contributed by atoms with Crippen molar-refractivity contribution in [2.24, 2.45) is 0 Å². The second-order valence-electron chi connectivity index (χ2n) is 15.8. The third-order valence-electron chi connectivity index (χ3n) is 10.8. The summed E-state index contributed by atoms with van der Waals surface area (Å²) in [6.07, 6.45) is 0. The molecule has 0 fully saturated rings. The molecule has 0 spiro atoms. The van der Waals surface area contributed by atoms with E-state index in [1.54, 1.807) is 97.1 Å². The van der Waals surface area contributed by atoms with Crippen LogP contribution in [0.25, 0.3) is 22.3 Å². The lowest BCUT2D eigenvalue weighted by molar-refractivity contribution is 0.0651. The first kappa shape index (κ1) is 52.5. The number of rotatable bonds is 18. The molecule has 8 aromatic carbocycles. The summed E-state index contributed by atoms with van der Waals surface area (Å²) in [4.78, 5) is 90.3. The summed E-state index contributed by atoms with van der Waals surface area (Å²) in [6, 6.07) is 42.3. The van der Waals surface area contributed by atoms with Gasteiger partial charge in [0.1, 0.15) is 46.0 Å². The maximum Gasteiger partial charge on any atom is 0.336 e. The monoisotopic (exact) mass is 1030 g/mol. The Morgan fingerprint density at radius 1 is 0.197 bits per heavy atom. The Kier molecular flexibility index (Phi) is 15.8. The Morgan fingerprint density at radius 2 is 0.342 bits per heavy atom. The van der Waals surface area contributed by atoms with Gasteiger partial charge in [0, 0.05) is 0 Å². The molecule has 0 unspecified atom stereocenters. The van der Waals surface area contributed by atoms with E-state index in [0.29, 0.717) is 23.0 Å². The molecule has 20 nitrogen and oxygen atoms in total. The number of benzene rings is 8. The minimum absolute atomic E-state index is 0.170. The number of carboxylic acids is 8. The van der Waals surface area contributed by atoms with E-state index in [1.165, 1.54) is 48.5 Å². The Hall–Kier alpha value is -11.3. The molecular formula is C56H36O20. The van der Waals surface area contributed by atoms with E-state index < -0.39 is 47.8 Å². The number of hydrogen-bond acceptors (Lipinski definition) is 12. The second kappa shape index (κ2) is 22.9. The van der Waals surface area contributed by atoms with Gasteiger partial charge in [-0.1, -0.05) is 48.5 Å². The van der Waals surface area contributed by atoms with E-state index in [1.807, 2.05) is 0 Å². The summed E-state index contributed by atoms with van der Waals surface area (Å²) in [6.45, 7) is 0. The third-order valence-corrected chi connectivity index (χ3v) is 10.8. The van der Waals surface area contributed by atoms with Gasteiger partial charge in [-0.25, -0.2) is 38.4 Å². The SMILES string of the molecule is O=C(O)c1ccc(Oc2ccc(-c3ccc(Oc4ccc(C(=O)O)c(C(=O)O)c4)cc3)cc2)cc1C(=O)O.O=C(O)c1ccc(Oc2ccc(-c3ccc(Oc4ccc(C(=O)O)c(C(=O)O)c4)cc3)cc2)cc1C(=O)O. The van der Waals surface area contributed by atoms with Crippen molar-refractivity contribution in [2.75, 3.05) is 0 Å². The minimum Gasteiger partial charge on any atom is -0.478 e. The predicted molar refractivity (Wildman–Crippen MR) is 265 cm³/mol. The highest BCUT2D eigenvalue weighted by Crippen LogP contribution is 2.33. The molecule has 0 saturated carbocycles. The topological polar surface area (TPSA) is 335 Å². The van der Waals surface area contributed by atoms with Crippen LogP contribution in [0.3, 0.4) is 0 Å². The maximum atomic E-state index is 11.4. The van der Waals surface area contributed by atoms with E-state index in [4.69, 9.17) is 39.4 Å². The van der Waals surface area contributed by atoms with Crippen molar-refractivity contribution in [3.8, 4) is 68.2 Å². The Labute approximate surface area is 427 Å². The van der Waals surface area contributed by atoms with Crippen LogP contribution in [0.5, 0.6) is 46.0 Å². The van der Waals surface area contributed by atoms with Crippen LogP contribution in [0.2, 0.25) is 0 Å². The summed E-state index contributed by atoms with van der Waals surface area (Å²) in [5.41, 5.74) is 0.420. The van der Waals surface area contributed by atoms with Gasteiger partial charge in [-0.2, -0.15) is 0 Å². The third kappa shape index (κ3) is 12.8.